The van der Waals surface area contributed by atoms with E-state index in [9.17, 15) is 35.9 Å². The lowest BCUT2D eigenvalue weighted by atomic mass is 10.0. The van der Waals surface area contributed by atoms with Gasteiger partial charge in [0.2, 0.25) is 5.91 Å². The molecule has 2 saturated heterocycles. The van der Waals surface area contributed by atoms with Crippen LogP contribution in [-0.4, -0.2) is 133 Å². The van der Waals surface area contributed by atoms with Crippen LogP contribution in [0.1, 0.15) is 19.8 Å². The maximum atomic E-state index is 13.2. The number of ether oxygens (including phenoxy) is 1. The van der Waals surface area contributed by atoms with E-state index in [1.165, 1.54) is 12.8 Å². The monoisotopic (exact) mass is 679 g/mol. The number of carbonyl (C=O) groups excluding carboxylic acids is 2. The Labute approximate surface area is 260 Å². The molecule has 3 rings (SSSR count). The number of carbonyl (C=O) groups is 4. The molecule has 4 N–H and O–H groups in total. The molecule has 45 heavy (non-hydrogen) atoms. The summed E-state index contributed by atoms with van der Waals surface area (Å²) in [6.07, 6.45) is -8.25. The maximum absolute atomic E-state index is 13.2. The molecule has 2 atom stereocenters. The first-order chi connectivity index (χ1) is 20.8. The third-order valence-electron chi connectivity index (χ3n) is 6.81. The number of halogens is 7. The van der Waals surface area contributed by atoms with Crippen molar-refractivity contribution < 1.29 is 60.5 Å². The number of nitrogens with zero attached hydrogens (tertiary/aromatic N) is 3. The first kappa shape index (κ1) is 39.7. The van der Waals surface area contributed by atoms with Gasteiger partial charge in [-0.1, -0.05) is 11.6 Å². The third kappa shape index (κ3) is 14.5. The van der Waals surface area contributed by atoms with Gasteiger partial charge in [-0.15, -0.1) is 0 Å². The van der Waals surface area contributed by atoms with Gasteiger partial charge in [-0.25, -0.2) is 14.4 Å². The Balaban J connectivity index is 0.000000601. The van der Waals surface area contributed by atoms with Gasteiger partial charge in [-0.05, 0) is 64.2 Å². The molecule has 0 radical (unpaired) electrons. The van der Waals surface area contributed by atoms with Crippen molar-refractivity contribution in [2.75, 3.05) is 58.7 Å². The van der Waals surface area contributed by atoms with E-state index in [0.717, 1.165) is 26.2 Å². The lowest BCUT2D eigenvalue weighted by Gasteiger charge is -2.43. The summed E-state index contributed by atoms with van der Waals surface area (Å²) in [5.74, 6) is -5.62. The average Bonchev–Trinajstić information content (AvgIpc) is 2.96. The molecule has 12 nitrogen and oxygen atoms in total. The number of likely N-dealkylation sites (tertiary alicyclic amines) is 1. The first-order valence-corrected chi connectivity index (χ1v) is 13.8. The second-order valence-corrected chi connectivity index (χ2v) is 10.5. The summed E-state index contributed by atoms with van der Waals surface area (Å²) in [5.41, 5.74) is 0.602. The van der Waals surface area contributed by atoms with Crippen molar-refractivity contribution in [3.05, 3.63) is 29.3 Å². The SMILES string of the molecule is CO[C@@H](C)[C@@H](NC(=O)Nc1ccc(Cl)cc1)C(=O)N1CCN(C2CCN(C)CC2)CC1.O=C(O)C(F)(F)F.O=C(O)C(F)(F)F. The highest BCUT2D eigenvalue weighted by molar-refractivity contribution is 6.30. The quantitative estimate of drug-likeness (QED) is 0.332. The predicted octanol–water partition coefficient (Wildman–Crippen LogP) is 3.37. The van der Waals surface area contributed by atoms with E-state index in [1.807, 2.05) is 4.90 Å². The minimum absolute atomic E-state index is 0.108. The van der Waals surface area contributed by atoms with Gasteiger partial charge in [0.25, 0.3) is 0 Å². The molecule has 0 unspecified atom stereocenters. The molecule has 2 fully saturated rings. The molecule has 0 spiro atoms. The summed E-state index contributed by atoms with van der Waals surface area (Å²) in [6.45, 7) is 7.11. The van der Waals surface area contributed by atoms with Crippen LogP contribution in [0, 0.1) is 0 Å². The number of amides is 3. The molecular weight excluding hydrogens is 644 g/mol. The van der Waals surface area contributed by atoms with Crippen LogP contribution in [0.5, 0.6) is 0 Å². The van der Waals surface area contributed by atoms with Gasteiger partial charge in [0, 0.05) is 50.0 Å². The largest absolute Gasteiger partial charge is 0.490 e. The third-order valence-corrected chi connectivity index (χ3v) is 7.06. The molecule has 256 valence electrons. The van der Waals surface area contributed by atoms with Gasteiger partial charge < -0.3 is 35.4 Å². The zero-order valence-electron chi connectivity index (χ0n) is 24.6. The standard InChI is InChI=1S/C22H34ClN5O3.2C2HF3O2/c1-16(31-3)20(25-22(30)24-18-6-4-17(23)5-7-18)21(29)28-14-12-27(13-15-28)19-8-10-26(2)11-9-19;2*3-2(4,5)1(6)7/h4-7,16,19-20H,8-15H2,1-3H3,(H2,24,25,30);2*(H,6,7)/t16-,20+;;/m0../s1. The van der Waals surface area contributed by atoms with Crippen LogP contribution in [0.2, 0.25) is 5.02 Å². The summed E-state index contributed by atoms with van der Waals surface area (Å²) in [4.78, 5) is 50.2. The lowest BCUT2D eigenvalue weighted by Crippen LogP contribution is -2.60. The number of carboxylic acids is 2. The van der Waals surface area contributed by atoms with E-state index in [-0.39, 0.29) is 5.91 Å². The molecule has 0 saturated carbocycles. The highest BCUT2D eigenvalue weighted by atomic mass is 35.5. The molecule has 3 amide bonds. The number of nitrogens with one attached hydrogen (secondary N) is 2. The topological polar surface area (TPSA) is 152 Å². The Kier molecular flexibility index (Phi) is 15.8. The van der Waals surface area contributed by atoms with Crippen molar-refractivity contribution in [3.63, 3.8) is 0 Å². The number of carboxylic acid groups (broad SMARTS) is 2. The molecule has 2 heterocycles. The second-order valence-electron chi connectivity index (χ2n) is 10.0. The van der Waals surface area contributed by atoms with Gasteiger partial charge in [0.05, 0.1) is 6.10 Å². The molecule has 0 bridgehead atoms. The van der Waals surface area contributed by atoms with Crippen molar-refractivity contribution in [1.29, 1.82) is 0 Å². The zero-order valence-corrected chi connectivity index (χ0v) is 25.4. The summed E-state index contributed by atoms with van der Waals surface area (Å²) in [6, 6.07) is 6.21. The molecule has 2 aliphatic heterocycles. The number of rotatable bonds is 6. The van der Waals surface area contributed by atoms with Crippen molar-refractivity contribution in [2.24, 2.45) is 0 Å². The predicted molar refractivity (Wildman–Crippen MR) is 150 cm³/mol. The molecule has 1 aromatic carbocycles. The van der Waals surface area contributed by atoms with E-state index in [4.69, 9.17) is 36.1 Å². The highest BCUT2D eigenvalue weighted by Crippen LogP contribution is 2.19. The number of piperazine rings is 1. The molecule has 1 aromatic rings. The fourth-order valence-corrected chi connectivity index (χ4v) is 4.35. The normalized spacial score (nSPS) is 17.9. The number of hydrogen-bond donors (Lipinski definition) is 4. The van der Waals surface area contributed by atoms with Crippen molar-refractivity contribution in [2.45, 2.75) is 50.3 Å². The van der Waals surface area contributed by atoms with Crippen molar-refractivity contribution >= 4 is 41.2 Å². The van der Waals surface area contributed by atoms with E-state index < -0.39 is 42.5 Å². The number of piperidine rings is 1. The Bertz CT molecular complexity index is 1090. The Hall–Kier alpha value is -3.35. The van der Waals surface area contributed by atoms with Crippen LogP contribution in [0.3, 0.4) is 0 Å². The fraction of sp³-hybridized carbons (Fsp3) is 0.615. The molecule has 19 heteroatoms. The van der Waals surface area contributed by atoms with Gasteiger partial charge in [0.15, 0.2) is 0 Å². The van der Waals surface area contributed by atoms with Crippen molar-refractivity contribution in [1.82, 2.24) is 20.0 Å². The number of alkyl halides is 6. The van der Waals surface area contributed by atoms with Crippen LogP contribution >= 0.6 is 11.6 Å². The molecular formula is C26H36ClF6N5O7. The summed E-state index contributed by atoms with van der Waals surface area (Å²) < 4.78 is 68.9. The van der Waals surface area contributed by atoms with Gasteiger partial charge in [-0.2, -0.15) is 26.3 Å². The summed E-state index contributed by atoms with van der Waals surface area (Å²) in [5, 5.41) is 20.4. The van der Waals surface area contributed by atoms with Gasteiger partial charge in [-0.3, -0.25) is 9.69 Å². The van der Waals surface area contributed by atoms with E-state index in [0.29, 0.717) is 29.8 Å². The number of urea groups is 1. The maximum Gasteiger partial charge on any atom is 0.490 e. The first-order valence-electron chi connectivity index (χ1n) is 13.4. The number of aliphatic carboxylic acids is 2. The molecule has 2 aliphatic rings. The molecule has 0 aliphatic carbocycles. The summed E-state index contributed by atoms with van der Waals surface area (Å²) in [7, 11) is 3.71. The van der Waals surface area contributed by atoms with Gasteiger partial charge in [0.1, 0.15) is 6.04 Å². The van der Waals surface area contributed by atoms with E-state index in [1.54, 1.807) is 38.3 Å². The number of anilines is 1. The van der Waals surface area contributed by atoms with Crippen LogP contribution in [0.15, 0.2) is 24.3 Å². The Morgan fingerprint density at radius 1 is 0.889 bits per heavy atom. The minimum atomic E-state index is -5.08. The van der Waals surface area contributed by atoms with Crippen LogP contribution in [-0.2, 0) is 19.1 Å². The zero-order chi connectivity index (χ0) is 34.5. The molecule has 0 aromatic heterocycles. The van der Waals surface area contributed by atoms with E-state index >= 15 is 0 Å². The number of benzene rings is 1. The lowest BCUT2D eigenvalue weighted by molar-refractivity contribution is -0.193. The average molecular weight is 680 g/mol. The highest BCUT2D eigenvalue weighted by Gasteiger charge is 2.39. The smallest absolute Gasteiger partial charge is 0.475 e. The van der Waals surface area contributed by atoms with Gasteiger partial charge >= 0.3 is 30.3 Å². The fourth-order valence-electron chi connectivity index (χ4n) is 4.22. The number of methoxy groups -OCH3 is 1. The van der Waals surface area contributed by atoms with Crippen molar-refractivity contribution in [3.8, 4) is 0 Å². The Morgan fingerprint density at radius 2 is 1.33 bits per heavy atom. The number of hydrogen-bond acceptors (Lipinski definition) is 7. The Morgan fingerprint density at radius 3 is 1.73 bits per heavy atom. The minimum Gasteiger partial charge on any atom is -0.475 e. The van der Waals surface area contributed by atoms with E-state index in [2.05, 4.69) is 27.5 Å². The second kappa shape index (κ2) is 18.0. The van der Waals surface area contributed by atoms with Crippen LogP contribution < -0.4 is 10.6 Å². The van der Waals surface area contributed by atoms with Crippen LogP contribution in [0.25, 0.3) is 0 Å². The van der Waals surface area contributed by atoms with Crippen LogP contribution in [0.4, 0.5) is 36.8 Å². The summed E-state index contributed by atoms with van der Waals surface area (Å²) >= 11 is 5.89.